The molecule has 96 valence electrons. The third kappa shape index (κ3) is 4.19. The zero-order valence-corrected chi connectivity index (χ0v) is 10.9. The van der Waals surface area contributed by atoms with E-state index in [4.69, 9.17) is 0 Å². The van der Waals surface area contributed by atoms with Gasteiger partial charge in [-0.2, -0.15) is 5.10 Å². The van der Waals surface area contributed by atoms with Gasteiger partial charge in [-0.05, 0) is 20.8 Å². The third-order valence-electron chi connectivity index (χ3n) is 2.88. The molecule has 0 aromatic carbocycles. The van der Waals surface area contributed by atoms with E-state index in [2.05, 4.69) is 15.5 Å². The predicted octanol–water partition coefficient (Wildman–Crippen LogP) is 1.07. The Morgan fingerprint density at radius 2 is 2.18 bits per heavy atom. The molecule has 1 amide bonds. The highest BCUT2D eigenvalue weighted by molar-refractivity contribution is 5.76. The summed E-state index contributed by atoms with van der Waals surface area (Å²) >= 11 is 0. The van der Waals surface area contributed by atoms with Gasteiger partial charge in [0.25, 0.3) is 0 Å². The van der Waals surface area contributed by atoms with E-state index in [0.29, 0.717) is 13.0 Å². The van der Waals surface area contributed by atoms with Gasteiger partial charge in [-0.3, -0.25) is 9.89 Å². The summed E-state index contributed by atoms with van der Waals surface area (Å²) in [5.74, 6) is 0.214. The Kier molecular flexibility index (Phi) is 5.69. The van der Waals surface area contributed by atoms with E-state index in [1.165, 1.54) is 0 Å². The standard InChI is InChI=1S/C12H22N4O/c1-4-16(5-2)12(17)6-7-13-8-11-9-14-15-10(11)3/h9,13H,4-8H2,1-3H3,(H,14,15). The van der Waals surface area contributed by atoms with Crippen molar-refractivity contribution in [2.45, 2.75) is 33.7 Å². The number of hydrogen-bond donors (Lipinski definition) is 2. The number of nitrogens with one attached hydrogen (secondary N) is 2. The van der Waals surface area contributed by atoms with Crippen LogP contribution in [0.2, 0.25) is 0 Å². The second-order valence-corrected chi connectivity index (χ2v) is 4.01. The highest BCUT2D eigenvalue weighted by atomic mass is 16.2. The van der Waals surface area contributed by atoms with Gasteiger partial charge in [0.05, 0.1) is 6.20 Å². The van der Waals surface area contributed by atoms with E-state index >= 15 is 0 Å². The first kappa shape index (κ1) is 13.7. The molecule has 5 nitrogen and oxygen atoms in total. The minimum atomic E-state index is 0.214. The summed E-state index contributed by atoms with van der Waals surface area (Å²) in [6, 6.07) is 0. The molecular formula is C12H22N4O. The normalized spacial score (nSPS) is 10.5. The Morgan fingerprint density at radius 3 is 2.71 bits per heavy atom. The summed E-state index contributed by atoms with van der Waals surface area (Å²) in [5, 5.41) is 10.1. The molecule has 1 aromatic heterocycles. The van der Waals surface area contributed by atoms with Gasteiger partial charge < -0.3 is 10.2 Å². The van der Waals surface area contributed by atoms with Crippen molar-refractivity contribution in [2.75, 3.05) is 19.6 Å². The van der Waals surface area contributed by atoms with Crippen molar-refractivity contribution in [3.05, 3.63) is 17.5 Å². The van der Waals surface area contributed by atoms with Gasteiger partial charge in [0.1, 0.15) is 0 Å². The van der Waals surface area contributed by atoms with Crippen LogP contribution in [0.5, 0.6) is 0 Å². The van der Waals surface area contributed by atoms with Gasteiger partial charge in [-0.15, -0.1) is 0 Å². The van der Waals surface area contributed by atoms with E-state index in [-0.39, 0.29) is 5.91 Å². The quantitative estimate of drug-likeness (QED) is 0.698. The maximum absolute atomic E-state index is 11.7. The summed E-state index contributed by atoms with van der Waals surface area (Å²) in [7, 11) is 0. The monoisotopic (exact) mass is 238 g/mol. The van der Waals surface area contributed by atoms with E-state index in [1.807, 2.05) is 31.9 Å². The van der Waals surface area contributed by atoms with Gasteiger partial charge >= 0.3 is 0 Å². The fourth-order valence-electron chi connectivity index (χ4n) is 1.71. The Labute approximate surface area is 103 Å². The average Bonchev–Trinajstić information content (AvgIpc) is 2.72. The number of hydrogen-bond acceptors (Lipinski definition) is 3. The minimum Gasteiger partial charge on any atom is -0.343 e. The lowest BCUT2D eigenvalue weighted by Gasteiger charge is -2.18. The van der Waals surface area contributed by atoms with Gasteiger partial charge in [0.15, 0.2) is 0 Å². The molecule has 1 rings (SSSR count). The van der Waals surface area contributed by atoms with Crippen LogP contribution >= 0.6 is 0 Å². The van der Waals surface area contributed by atoms with Crippen molar-refractivity contribution >= 4 is 5.91 Å². The molecule has 0 aliphatic rings. The number of H-pyrrole nitrogens is 1. The summed E-state index contributed by atoms with van der Waals surface area (Å²) in [4.78, 5) is 13.6. The highest BCUT2D eigenvalue weighted by Crippen LogP contribution is 2.01. The molecule has 1 heterocycles. The largest absolute Gasteiger partial charge is 0.343 e. The fourth-order valence-corrected chi connectivity index (χ4v) is 1.71. The molecule has 0 aliphatic heterocycles. The van der Waals surface area contributed by atoms with Crippen LogP contribution < -0.4 is 5.32 Å². The second-order valence-electron chi connectivity index (χ2n) is 4.01. The Hall–Kier alpha value is -1.36. The summed E-state index contributed by atoms with van der Waals surface area (Å²) in [5.41, 5.74) is 2.23. The van der Waals surface area contributed by atoms with Gasteiger partial charge in [-0.1, -0.05) is 0 Å². The number of rotatable bonds is 7. The van der Waals surface area contributed by atoms with E-state index < -0.39 is 0 Å². The molecule has 0 saturated carbocycles. The second kappa shape index (κ2) is 7.06. The summed E-state index contributed by atoms with van der Waals surface area (Å²) in [6.07, 6.45) is 2.37. The molecule has 1 aromatic rings. The minimum absolute atomic E-state index is 0.214. The van der Waals surface area contributed by atoms with Crippen LogP contribution in [0.15, 0.2) is 6.20 Å². The first-order chi connectivity index (χ1) is 8.19. The Bertz CT molecular complexity index is 344. The van der Waals surface area contributed by atoms with E-state index in [1.54, 1.807) is 0 Å². The predicted molar refractivity (Wildman–Crippen MR) is 67.6 cm³/mol. The lowest BCUT2D eigenvalue weighted by molar-refractivity contribution is -0.130. The Morgan fingerprint density at radius 1 is 1.47 bits per heavy atom. The molecule has 0 fully saturated rings. The topological polar surface area (TPSA) is 61.0 Å². The highest BCUT2D eigenvalue weighted by Gasteiger charge is 2.08. The lowest BCUT2D eigenvalue weighted by Crippen LogP contribution is -2.32. The van der Waals surface area contributed by atoms with Crippen LogP contribution in [0.4, 0.5) is 0 Å². The Balaban J connectivity index is 2.20. The first-order valence-corrected chi connectivity index (χ1v) is 6.16. The van der Waals surface area contributed by atoms with Gasteiger partial charge in [-0.25, -0.2) is 0 Å². The van der Waals surface area contributed by atoms with Gasteiger partial charge in [0.2, 0.25) is 5.91 Å². The average molecular weight is 238 g/mol. The van der Waals surface area contributed by atoms with Crippen LogP contribution in [0.1, 0.15) is 31.5 Å². The number of nitrogens with zero attached hydrogens (tertiary/aromatic N) is 2. The smallest absolute Gasteiger partial charge is 0.223 e. The number of amides is 1. The van der Waals surface area contributed by atoms with Crippen molar-refractivity contribution in [1.29, 1.82) is 0 Å². The molecule has 5 heteroatoms. The van der Waals surface area contributed by atoms with Crippen molar-refractivity contribution in [1.82, 2.24) is 20.4 Å². The first-order valence-electron chi connectivity index (χ1n) is 6.16. The third-order valence-corrected chi connectivity index (χ3v) is 2.88. The SMILES string of the molecule is CCN(CC)C(=O)CCNCc1cn[nH]c1C. The fraction of sp³-hybridized carbons (Fsp3) is 0.667. The maximum Gasteiger partial charge on any atom is 0.223 e. The van der Waals surface area contributed by atoms with Crippen LogP contribution in [-0.2, 0) is 11.3 Å². The van der Waals surface area contributed by atoms with Gasteiger partial charge in [0, 0.05) is 43.9 Å². The number of aromatic nitrogens is 2. The molecule has 0 radical (unpaired) electrons. The van der Waals surface area contributed by atoms with Crippen molar-refractivity contribution in [2.24, 2.45) is 0 Å². The van der Waals surface area contributed by atoms with Crippen LogP contribution in [0, 0.1) is 6.92 Å². The molecule has 0 bridgehead atoms. The molecule has 0 unspecified atom stereocenters. The van der Waals surface area contributed by atoms with E-state index in [9.17, 15) is 4.79 Å². The van der Waals surface area contributed by atoms with Crippen LogP contribution in [0.25, 0.3) is 0 Å². The molecular weight excluding hydrogens is 216 g/mol. The number of aryl methyl sites for hydroxylation is 1. The van der Waals surface area contributed by atoms with Crippen molar-refractivity contribution in [3.63, 3.8) is 0 Å². The molecule has 0 saturated heterocycles. The van der Waals surface area contributed by atoms with Crippen molar-refractivity contribution in [3.8, 4) is 0 Å². The summed E-state index contributed by atoms with van der Waals surface area (Å²) in [6.45, 7) is 9.04. The molecule has 0 spiro atoms. The summed E-state index contributed by atoms with van der Waals surface area (Å²) < 4.78 is 0. The molecule has 2 N–H and O–H groups in total. The van der Waals surface area contributed by atoms with Crippen LogP contribution in [0.3, 0.4) is 0 Å². The maximum atomic E-state index is 11.7. The number of carbonyl (C=O) groups is 1. The zero-order chi connectivity index (χ0) is 12.7. The molecule has 17 heavy (non-hydrogen) atoms. The molecule has 0 atom stereocenters. The van der Waals surface area contributed by atoms with E-state index in [0.717, 1.165) is 30.9 Å². The molecule has 0 aliphatic carbocycles. The van der Waals surface area contributed by atoms with Crippen molar-refractivity contribution < 1.29 is 4.79 Å². The van der Waals surface area contributed by atoms with Crippen LogP contribution in [-0.4, -0.2) is 40.6 Å². The lowest BCUT2D eigenvalue weighted by atomic mass is 10.2. The zero-order valence-electron chi connectivity index (χ0n) is 10.9. The number of aromatic amines is 1. The number of carbonyl (C=O) groups excluding carboxylic acids is 1.